The normalized spacial score (nSPS) is 19.5. The smallest absolute Gasteiger partial charge is 0.410 e. The van der Waals surface area contributed by atoms with Gasteiger partial charge in [0.05, 0.1) is 12.1 Å². The number of carbonyl (C=O) groups is 2. The number of anilines is 1. The van der Waals surface area contributed by atoms with Gasteiger partial charge < -0.3 is 29.5 Å². The number of halogens is 1. The van der Waals surface area contributed by atoms with Gasteiger partial charge in [-0.3, -0.25) is 9.80 Å². The first kappa shape index (κ1) is 39.2. The molecule has 0 saturated carbocycles. The van der Waals surface area contributed by atoms with Crippen LogP contribution in [0, 0.1) is 5.82 Å². The molecule has 1 aromatic heterocycles. The summed E-state index contributed by atoms with van der Waals surface area (Å²) in [4.78, 5) is 41.6. The minimum Gasteiger partial charge on any atom is -0.508 e. The maximum Gasteiger partial charge on any atom is 0.410 e. The number of phenols is 1. The third kappa shape index (κ3) is 8.59. The van der Waals surface area contributed by atoms with Gasteiger partial charge in [-0.2, -0.15) is 9.97 Å². The van der Waals surface area contributed by atoms with Gasteiger partial charge in [0.15, 0.2) is 5.82 Å². The number of benzene rings is 4. The zero-order valence-electron chi connectivity index (χ0n) is 33.3. The van der Waals surface area contributed by atoms with E-state index in [4.69, 9.17) is 24.2 Å². The van der Waals surface area contributed by atoms with Gasteiger partial charge in [-0.1, -0.05) is 60.7 Å². The van der Waals surface area contributed by atoms with Crippen molar-refractivity contribution in [3.05, 3.63) is 90.2 Å². The molecule has 304 valence electrons. The second kappa shape index (κ2) is 16.7. The molecule has 3 saturated heterocycles. The van der Waals surface area contributed by atoms with E-state index in [0.29, 0.717) is 48.6 Å². The molecule has 2 N–H and O–H groups in total. The van der Waals surface area contributed by atoms with Crippen molar-refractivity contribution in [2.75, 3.05) is 44.2 Å². The molecule has 2 bridgehead atoms. The summed E-state index contributed by atoms with van der Waals surface area (Å²) < 4.78 is 34.5. The topological polar surface area (TPSA) is 130 Å². The Balaban J connectivity index is 1.02. The minimum atomic E-state index is -0.610. The van der Waals surface area contributed by atoms with E-state index in [0.717, 1.165) is 61.5 Å². The highest BCUT2D eigenvalue weighted by molar-refractivity contribution is 6.01. The van der Waals surface area contributed by atoms with Crippen molar-refractivity contribution in [1.29, 1.82) is 0 Å². The Labute approximate surface area is 337 Å². The van der Waals surface area contributed by atoms with Crippen LogP contribution in [-0.4, -0.2) is 100 Å². The number of amides is 2. The van der Waals surface area contributed by atoms with Gasteiger partial charge in [-0.25, -0.2) is 14.0 Å². The number of hydrogen-bond acceptors (Lipinski definition) is 10. The minimum absolute atomic E-state index is 0.0406. The molecule has 13 heteroatoms. The van der Waals surface area contributed by atoms with Gasteiger partial charge in [-0.15, -0.1) is 0 Å². The van der Waals surface area contributed by atoms with E-state index in [-0.39, 0.29) is 48.1 Å². The van der Waals surface area contributed by atoms with Crippen molar-refractivity contribution in [1.82, 2.24) is 25.1 Å². The molecule has 3 aliphatic heterocycles. The van der Waals surface area contributed by atoms with Crippen molar-refractivity contribution >= 4 is 39.7 Å². The van der Waals surface area contributed by atoms with E-state index < -0.39 is 17.5 Å². The molecule has 5 aromatic rings. The number of rotatable bonds is 11. The highest BCUT2D eigenvalue weighted by atomic mass is 19.1. The maximum atomic E-state index is 17.0. The molecular weight excluding hydrogens is 740 g/mol. The average Bonchev–Trinajstić information content (AvgIpc) is 3.77. The highest BCUT2D eigenvalue weighted by Gasteiger charge is 2.45. The second-order valence-electron chi connectivity index (χ2n) is 16.5. The Bertz CT molecular complexity index is 2270. The number of fused-ring (bicyclic) bond motifs is 4. The lowest BCUT2D eigenvalue weighted by Crippen LogP contribution is -2.57. The van der Waals surface area contributed by atoms with Crippen LogP contribution >= 0.6 is 0 Å². The summed E-state index contributed by atoms with van der Waals surface area (Å²) in [5, 5.41) is 15.6. The Hall–Kier alpha value is -5.69. The van der Waals surface area contributed by atoms with Crippen LogP contribution in [-0.2, 0) is 16.1 Å². The van der Waals surface area contributed by atoms with Crippen molar-refractivity contribution in [3.63, 3.8) is 0 Å². The van der Waals surface area contributed by atoms with E-state index in [9.17, 15) is 14.7 Å². The van der Waals surface area contributed by atoms with Crippen molar-refractivity contribution in [3.8, 4) is 22.9 Å². The molecule has 3 atom stereocenters. The number of likely N-dealkylation sites (tertiary alicyclic amines) is 1. The van der Waals surface area contributed by atoms with E-state index in [1.807, 2.05) is 86.3 Å². The first-order valence-corrected chi connectivity index (χ1v) is 20.3. The van der Waals surface area contributed by atoms with Crippen molar-refractivity contribution < 1.29 is 33.3 Å². The van der Waals surface area contributed by atoms with E-state index in [1.165, 1.54) is 0 Å². The number of hydrogen-bond donors (Lipinski definition) is 2. The summed E-state index contributed by atoms with van der Waals surface area (Å²) in [5.41, 5.74) is 1.31. The fourth-order valence-corrected chi connectivity index (χ4v) is 8.64. The fraction of sp³-hybridized carbons (Fsp3) is 0.422. The number of aromatic hydroxyl groups is 1. The molecule has 2 amide bonds. The number of alkyl carbamates (subject to hydrolysis) is 1. The van der Waals surface area contributed by atoms with Gasteiger partial charge in [0, 0.05) is 43.2 Å². The standard InChI is InChI=1S/C45H51FN6O6/c1-45(2,3)58-44(55)52-31-16-17-32(52)26-51(25-31)41-37-19-18-36(38-24-34(53)23-30-13-7-8-15-35(30)38)39(46)40(37)48-42(49-41)56-28-33-14-9-21-50(33)22-10-20-47-43(54)57-27-29-11-5-4-6-12-29/h4-8,11-13,15,18-19,23-24,31-33,53H,9-10,14,16-17,20-22,25-28H2,1-3H3,(H,47,54)/t31-,32+,33-/m0/s1. The Morgan fingerprint density at radius 1 is 0.914 bits per heavy atom. The molecule has 0 unspecified atom stereocenters. The highest BCUT2D eigenvalue weighted by Crippen LogP contribution is 2.40. The molecule has 8 rings (SSSR count). The number of nitrogens with one attached hydrogen (secondary N) is 1. The van der Waals surface area contributed by atoms with Gasteiger partial charge in [0.1, 0.15) is 35.9 Å². The number of piperazine rings is 1. The Morgan fingerprint density at radius 2 is 1.67 bits per heavy atom. The van der Waals surface area contributed by atoms with Crippen LogP contribution in [0.5, 0.6) is 11.8 Å². The zero-order valence-corrected chi connectivity index (χ0v) is 33.3. The number of aromatic nitrogens is 2. The molecule has 12 nitrogen and oxygen atoms in total. The monoisotopic (exact) mass is 790 g/mol. The predicted molar refractivity (Wildman–Crippen MR) is 221 cm³/mol. The van der Waals surface area contributed by atoms with Gasteiger partial charge in [0.25, 0.3) is 0 Å². The van der Waals surface area contributed by atoms with Crippen LogP contribution in [0.3, 0.4) is 0 Å². The van der Waals surface area contributed by atoms with Crippen LogP contribution in [0.1, 0.15) is 58.4 Å². The lowest BCUT2D eigenvalue weighted by molar-refractivity contribution is 0.0122. The van der Waals surface area contributed by atoms with Gasteiger partial charge in [-0.05, 0) is 99.5 Å². The zero-order chi connectivity index (χ0) is 40.4. The summed E-state index contributed by atoms with van der Waals surface area (Å²) in [7, 11) is 0. The maximum absolute atomic E-state index is 17.0. The quantitative estimate of drug-likeness (QED) is 0.127. The molecule has 3 aliphatic rings. The first-order valence-electron chi connectivity index (χ1n) is 20.3. The lowest BCUT2D eigenvalue weighted by atomic mass is 9.96. The summed E-state index contributed by atoms with van der Waals surface area (Å²) in [6, 6.07) is 24.0. The lowest BCUT2D eigenvalue weighted by Gasteiger charge is -2.42. The number of nitrogens with zero attached hydrogens (tertiary/aromatic N) is 5. The number of phenolic OH excluding ortho intramolecular Hbond substituents is 1. The molecule has 58 heavy (non-hydrogen) atoms. The first-order chi connectivity index (χ1) is 28.0. The van der Waals surface area contributed by atoms with E-state index >= 15 is 4.39 Å². The Morgan fingerprint density at radius 3 is 2.45 bits per heavy atom. The van der Waals surface area contributed by atoms with Crippen LogP contribution < -0.4 is 15.0 Å². The molecule has 0 spiro atoms. The molecule has 3 fully saturated rings. The predicted octanol–water partition coefficient (Wildman–Crippen LogP) is 8.04. The second-order valence-corrected chi connectivity index (χ2v) is 16.5. The van der Waals surface area contributed by atoms with Crippen LogP contribution in [0.4, 0.5) is 19.8 Å². The summed E-state index contributed by atoms with van der Waals surface area (Å²) in [5.74, 6) is 0.0636. The van der Waals surface area contributed by atoms with Crippen LogP contribution in [0.15, 0.2) is 78.9 Å². The average molecular weight is 791 g/mol. The van der Waals surface area contributed by atoms with Gasteiger partial charge >= 0.3 is 18.2 Å². The number of carbonyl (C=O) groups excluding carboxylic acids is 2. The van der Waals surface area contributed by atoms with Crippen LogP contribution in [0.2, 0.25) is 0 Å². The van der Waals surface area contributed by atoms with Gasteiger partial charge in [0.2, 0.25) is 0 Å². The largest absolute Gasteiger partial charge is 0.508 e. The van der Waals surface area contributed by atoms with Crippen molar-refractivity contribution in [2.24, 2.45) is 0 Å². The molecule has 0 aliphatic carbocycles. The SMILES string of the molecule is CC(C)(C)OC(=O)N1[C@@H]2CC[C@H]1CN(c1nc(OC[C@@H]3CCCN3CCCNC(=O)OCc3ccccc3)nc3c(F)c(-c4cc(O)cc5ccccc45)ccc13)C2. The van der Waals surface area contributed by atoms with E-state index in [2.05, 4.69) is 15.1 Å². The number of ether oxygens (including phenoxy) is 3. The van der Waals surface area contributed by atoms with Crippen molar-refractivity contribution in [2.45, 2.75) is 83.2 Å². The molecule has 4 aromatic carbocycles. The van der Waals surface area contributed by atoms with E-state index in [1.54, 1.807) is 18.2 Å². The third-order valence-electron chi connectivity index (χ3n) is 11.3. The summed E-state index contributed by atoms with van der Waals surface area (Å²) in [6.07, 6.45) is 3.57. The molecule has 4 heterocycles. The summed E-state index contributed by atoms with van der Waals surface area (Å²) >= 11 is 0. The fourth-order valence-electron chi connectivity index (χ4n) is 8.64. The third-order valence-corrected chi connectivity index (χ3v) is 11.3. The molecule has 0 radical (unpaired) electrons. The summed E-state index contributed by atoms with van der Waals surface area (Å²) in [6.45, 7) is 9.30. The Kier molecular flexibility index (Phi) is 11.2. The van der Waals surface area contributed by atoms with Crippen LogP contribution in [0.25, 0.3) is 32.8 Å². The molecular formula is C45H51FN6O6.